The summed E-state index contributed by atoms with van der Waals surface area (Å²) in [5.41, 5.74) is 5.22. The smallest absolute Gasteiger partial charge is 0.281 e. The third-order valence-electron chi connectivity index (χ3n) is 5.65. The molecule has 0 N–H and O–H groups in total. The van der Waals surface area contributed by atoms with E-state index in [0.29, 0.717) is 23.1 Å². The normalized spacial score (nSPS) is 13.3. The number of nitrogens with zero attached hydrogens (tertiary/aromatic N) is 3. The van der Waals surface area contributed by atoms with E-state index in [4.69, 9.17) is 16.3 Å². The zero-order valence-corrected chi connectivity index (χ0v) is 20.6. The molecule has 0 aliphatic rings. The van der Waals surface area contributed by atoms with Crippen LogP contribution in [0, 0.1) is 6.92 Å². The SMILES string of the molecule is CCn1c(COC(C)/C(C)=C/N=C(C)Cl)nc(=O)c(-c2cccc(-c3ccccc3)c2)c1C. The Kier molecular flexibility index (Phi) is 8.37. The van der Waals surface area contributed by atoms with Crippen molar-refractivity contribution >= 4 is 16.8 Å². The van der Waals surface area contributed by atoms with Gasteiger partial charge in [0.25, 0.3) is 5.56 Å². The maximum atomic E-state index is 13.1. The van der Waals surface area contributed by atoms with Crippen LogP contribution in [0.2, 0.25) is 0 Å². The molecule has 2 aromatic carbocycles. The topological polar surface area (TPSA) is 56.5 Å². The lowest BCUT2D eigenvalue weighted by molar-refractivity contribution is 0.0690. The Balaban J connectivity index is 1.93. The average molecular weight is 464 g/mol. The molecule has 1 aromatic heterocycles. The highest BCUT2D eigenvalue weighted by molar-refractivity contribution is 6.64. The molecular formula is C27H30ClN3O2. The molecule has 0 bridgehead atoms. The molecule has 6 heteroatoms. The summed E-state index contributed by atoms with van der Waals surface area (Å²) < 4.78 is 8.03. The predicted molar refractivity (Wildman–Crippen MR) is 137 cm³/mol. The van der Waals surface area contributed by atoms with Crippen molar-refractivity contribution in [1.29, 1.82) is 0 Å². The minimum Gasteiger partial charge on any atom is -0.366 e. The van der Waals surface area contributed by atoms with Crippen LogP contribution >= 0.6 is 11.6 Å². The molecule has 0 radical (unpaired) electrons. The lowest BCUT2D eigenvalue weighted by Gasteiger charge is -2.19. The summed E-state index contributed by atoms with van der Waals surface area (Å²) in [6.07, 6.45) is 1.51. The van der Waals surface area contributed by atoms with Gasteiger partial charge in [-0.05, 0) is 62.9 Å². The molecule has 0 aliphatic carbocycles. The first-order chi connectivity index (χ1) is 15.8. The zero-order chi connectivity index (χ0) is 24.0. The fourth-order valence-electron chi connectivity index (χ4n) is 3.69. The Labute approximate surface area is 200 Å². The second-order valence-corrected chi connectivity index (χ2v) is 8.48. The number of halogens is 1. The van der Waals surface area contributed by atoms with Crippen molar-refractivity contribution in [3.63, 3.8) is 0 Å². The number of hydrogen-bond donors (Lipinski definition) is 0. The third kappa shape index (κ3) is 6.06. The molecule has 0 fully saturated rings. The van der Waals surface area contributed by atoms with Gasteiger partial charge in [0.2, 0.25) is 0 Å². The molecule has 0 saturated carbocycles. The Morgan fingerprint density at radius 1 is 1.12 bits per heavy atom. The Bertz CT molecular complexity index is 1230. The van der Waals surface area contributed by atoms with E-state index in [1.165, 1.54) is 0 Å². The molecule has 3 aromatic rings. The third-order valence-corrected chi connectivity index (χ3v) is 5.74. The lowest BCUT2D eigenvalue weighted by Crippen LogP contribution is -2.24. The predicted octanol–water partition coefficient (Wildman–Crippen LogP) is 6.37. The molecule has 0 amide bonds. The van der Waals surface area contributed by atoms with Gasteiger partial charge in [0.15, 0.2) is 0 Å². The molecule has 0 spiro atoms. The number of ether oxygens (including phenoxy) is 1. The van der Waals surface area contributed by atoms with Gasteiger partial charge in [-0.2, -0.15) is 4.98 Å². The van der Waals surface area contributed by atoms with E-state index in [9.17, 15) is 4.79 Å². The summed E-state index contributed by atoms with van der Waals surface area (Å²) in [4.78, 5) is 21.6. The summed E-state index contributed by atoms with van der Waals surface area (Å²) in [6, 6.07) is 18.2. The molecule has 0 aliphatic heterocycles. The van der Waals surface area contributed by atoms with Crippen LogP contribution in [0.5, 0.6) is 0 Å². The van der Waals surface area contributed by atoms with Crippen LogP contribution < -0.4 is 5.56 Å². The van der Waals surface area contributed by atoms with Gasteiger partial charge in [0.05, 0.1) is 11.7 Å². The monoisotopic (exact) mass is 463 g/mol. The van der Waals surface area contributed by atoms with Crippen LogP contribution in [0.3, 0.4) is 0 Å². The first-order valence-electron chi connectivity index (χ1n) is 11.1. The summed E-state index contributed by atoms with van der Waals surface area (Å²) in [5.74, 6) is 0.611. The molecule has 3 rings (SSSR count). The van der Waals surface area contributed by atoms with E-state index in [1.807, 2.05) is 68.7 Å². The van der Waals surface area contributed by atoms with Crippen LogP contribution in [-0.2, 0) is 17.9 Å². The highest BCUT2D eigenvalue weighted by Crippen LogP contribution is 2.26. The van der Waals surface area contributed by atoms with E-state index in [-0.39, 0.29) is 18.3 Å². The molecule has 1 heterocycles. The number of aromatic nitrogens is 2. The van der Waals surface area contributed by atoms with Crippen molar-refractivity contribution in [1.82, 2.24) is 9.55 Å². The van der Waals surface area contributed by atoms with Crippen molar-refractivity contribution in [2.45, 2.75) is 53.9 Å². The largest absolute Gasteiger partial charge is 0.366 e. The van der Waals surface area contributed by atoms with Crippen LogP contribution in [0.25, 0.3) is 22.3 Å². The van der Waals surface area contributed by atoms with Gasteiger partial charge in [-0.25, -0.2) is 4.99 Å². The second-order valence-electron chi connectivity index (χ2n) is 7.94. The fraction of sp³-hybridized carbons (Fsp3) is 0.296. The summed E-state index contributed by atoms with van der Waals surface area (Å²) in [6.45, 7) is 10.5. The van der Waals surface area contributed by atoms with E-state index in [2.05, 4.69) is 28.2 Å². The minimum atomic E-state index is -0.247. The maximum Gasteiger partial charge on any atom is 0.281 e. The number of hydrogen-bond acceptors (Lipinski definition) is 4. The molecule has 33 heavy (non-hydrogen) atoms. The molecule has 172 valence electrons. The van der Waals surface area contributed by atoms with Gasteiger partial charge in [-0.1, -0.05) is 60.1 Å². The van der Waals surface area contributed by atoms with Crippen LogP contribution in [-0.4, -0.2) is 20.8 Å². The Morgan fingerprint density at radius 3 is 2.45 bits per heavy atom. The van der Waals surface area contributed by atoms with Crippen LogP contribution in [0.4, 0.5) is 0 Å². The Morgan fingerprint density at radius 2 is 1.79 bits per heavy atom. The molecule has 0 saturated heterocycles. The number of rotatable bonds is 8. The van der Waals surface area contributed by atoms with E-state index >= 15 is 0 Å². The Hall–Kier alpha value is -3.02. The first kappa shape index (κ1) is 24.6. The maximum absolute atomic E-state index is 13.1. The standard InChI is InChI=1S/C27H30ClN3O2/c1-6-31-19(3)26(24-14-10-13-23(15-24)22-11-8-7-9-12-22)27(32)30-25(31)17-33-20(4)18(2)16-29-21(5)28/h7-16,20H,6,17H2,1-5H3/b18-16+,29-21?. The highest BCUT2D eigenvalue weighted by Gasteiger charge is 2.17. The van der Waals surface area contributed by atoms with E-state index < -0.39 is 0 Å². The summed E-state index contributed by atoms with van der Waals surface area (Å²) in [5, 5.41) is 0.464. The van der Waals surface area contributed by atoms with Crippen molar-refractivity contribution in [3.8, 4) is 22.3 Å². The zero-order valence-electron chi connectivity index (χ0n) is 19.8. The van der Waals surface area contributed by atoms with Gasteiger partial charge in [0, 0.05) is 18.4 Å². The van der Waals surface area contributed by atoms with Crippen LogP contribution in [0.15, 0.2) is 76.2 Å². The van der Waals surface area contributed by atoms with Gasteiger partial charge in [-0.3, -0.25) is 4.79 Å². The lowest BCUT2D eigenvalue weighted by atomic mass is 9.99. The molecule has 1 atom stereocenters. The average Bonchev–Trinajstić information content (AvgIpc) is 2.81. The summed E-state index contributed by atoms with van der Waals surface area (Å²) in [7, 11) is 0. The van der Waals surface area contributed by atoms with E-state index in [0.717, 1.165) is 28.0 Å². The quantitative estimate of drug-likeness (QED) is 0.364. The molecular weight excluding hydrogens is 434 g/mol. The van der Waals surface area contributed by atoms with Gasteiger partial charge >= 0.3 is 0 Å². The molecule has 5 nitrogen and oxygen atoms in total. The summed E-state index contributed by atoms with van der Waals surface area (Å²) >= 11 is 5.80. The van der Waals surface area contributed by atoms with E-state index in [1.54, 1.807) is 13.1 Å². The van der Waals surface area contributed by atoms with Crippen molar-refractivity contribution < 1.29 is 4.74 Å². The number of benzene rings is 2. The highest BCUT2D eigenvalue weighted by atomic mass is 35.5. The van der Waals surface area contributed by atoms with Gasteiger partial charge < -0.3 is 9.30 Å². The van der Waals surface area contributed by atoms with Crippen molar-refractivity contribution in [3.05, 3.63) is 88.2 Å². The van der Waals surface area contributed by atoms with Gasteiger partial charge in [0.1, 0.15) is 17.6 Å². The molecule has 1 unspecified atom stereocenters. The minimum absolute atomic E-state index is 0.186. The first-order valence-corrected chi connectivity index (χ1v) is 11.4. The second kappa shape index (κ2) is 11.2. The number of aliphatic imine (C=N–C) groups is 1. The van der Waals surface area contributed by atoms with Crippen molar-refractivity contribution in [2.24, 2.45) is 4.99 Å². The fourth-order valence-corrected chi connectivity index (χ4v) is 3.74. The van der Waals surface area contributed by atoms with Crippen molar-refractivity contribution in [2.75, 3.05) is 0 Å². The van der Waals surface area contributed by atoms with Gasteiger partial charge in [-0.15, -0.1) is 0 Å². The van der Waals surface area contributed by atoms with Crippen LogP contribution in [0.1, 0.15) is 39.2 Å².